The Hall–Kier alpha value is -4.43. The Balaban J connectivity index is 1.48. The highest BCUT2D eigenvalue weighted by Gasteiger charge is 2.39. The summed E-state index contributed by atoms with van der Waals surface area (Å²) in [5, 5.41) is 5.41. The van der Waals surface area contributed by atoms with Gasteiger partial charge >= 0.3 is 5.97 Å². The van der Waals surface area contributed by atoms with Crippen LogP contribution in [0.3, 0.4) is 0 Å². The van der Waals surface area contributed by atoms with Crippen molar-refractivity contribution in [2.24, 2.45) is 0 Å². The molecule has 2 N–H and O–H groups in total. The number of hydrogen-bond acceptors (Lipinski definition) is 6. The summed E-state index contributed by atoms with van der Waals surface area (Å²) < 4.78 is 4.65. The number of ether oxygens (including phenoxy) is 1. The minimum Gasteiger partial charge on any atom is -0.465 e. The molecule has 0 saturated heterocycles. The van der Waals surface area contributed by atoms with Crippen molar-refractivity contribution in [3.05, 3.63) is 106 Å². The van der Waals surface area contributed by atoms with Crippen LogP contribution in [0.1, 0.15) is 26.3 Å². The highest BCUT2D eigenvalue weighted by Crippen LogP contribution is 2.30. The Labute approximate surface area is 206 Å². The molecule has 4 rings (SSSR count). The van der Waals surface area contributed by atoms with Gasteiger partial charge in [0.05, 0.1) is 18.4 Å². The van der Waals surface area contributed by atoms with E-state index in [9.17, 15) is 19.2 Å². The van der Waals surface area contributed by atoms with Crippen LogP contribution in [0, 0.1) is 0 Å². The largest absolute Gasteiger partial charge is 0.465 e. The molecular weight excluding hydrogens is 470 g/mol. The molecule has 1 aliphatic rings. The fourth-order valence-electron chi connectivity index (χ4n) is 3.47. The average Bonchev–Trinajstić information content (AvgIpc) is 3.10. The minimum absolute atomic E-state index is 0.115. The lowest BCUT2D eigenvalue weighted by atomic mass is 10.1. The second-order valence-electron chi connectivity index (χ2n) is 7.55. The lowest BCUT2D eigenvalue weighted by Gasteiger charge is -2.15. The summed E-state index contributed by atoms with van der Waals surface area (Å²) in [5.74, 6) is -2.20. The number of carbonyl (C=O) groups excluding carboxylic acids is 4. The third-order valence-electron chi connectivity index (χ3n) is 5.26. The first-order valence-corrected chi connectivity index (χ1v) is 10.9. The van der Waals surface area contributed by atoms with Gasteiger partial charge in [-0.15, -0.1) is 0 Å². The number of esters is 1. The number of halogens is 1. The van der Waals surface area contributed by atoms with Gasteiger partial charge in [0.2, 0.25) is 0 Å². The molecule has 0 fully saturated rings. The molecule has 3 aromatic rings. The smallest absolute Gasteiger partial charge is 0.337 e. The molecule has 3 amide bonds. The molecule has 3 aromatic carbocycles. The molecule has 0 atom stereocenters. The molecule has 0 aromatic heterocycles. The van der Waals surface area contributed by atoms with E-state index in [2.05, 4.69) is 15.4 Å². The highest BCUT2D eigenvalue weighted by atomic mass is 35.5. The van der Waals surface area contributed by atoms with Gasteiger partial charge in [-0.3, -0.25) is 14.4 Å². The summed E-state index contributed by atoms with van der Waals surface area (Å²) in [6, 6.07) is 21.8. The number of amides is 3. The normalized spacial score (nSPS) is 13.1. The van der Waals surface area contributed by atoms with Crippen molar-refractivity contribution in [3.63, 3.8) is 0 Å². The van der Waals surface area contributed by atoms with Crippen LogP contribution in [-0.4, -0.2) is 30.8 Å². The standard InChI is InChI=1S/C26H20ClN3O5/c1-35-26(34)17-10-12-20(13-11-17)30-24(32)21(27)22(25(30)33)29-19-9-5-8-18(14-19)23(31)28-15-16-6-3-2-4-7-16/h2-14,29H,15H2,1H3,(H,28,31). The average molecular weight is 490 g/mol. The molecule has 1 aliphatic heterocycles. The number of imide groups is 1. The van der Waals surface area contributed by atoms with Gasteiger partial charge < -0.3 is 15.4 Å². The van der Waals surface area contributed by atoms with E-state index < -0.39 is 17.8 Å². The van der Waals surface area contributed by atoms with Crippen LogP contribution >= 0.6 is 11.6 Å². The van der Waals surface area contributed by atoms with E-state index in [1.807, 2.05) is 30.3 Å². The molecule has 0 bridgehead atoms. The Bertz CT molecular complexity index is 1340. The monoisotopic (exact) mass is 489 g/mol. The van der Waals surface area contributed by atoms with E-state index in [4.69, 9.17) is 11.6 Å². The highest BCUT2D eigenvalue weighted by molar-refractivity contribution is 6.53. The first-order valence-electron chi connectivity index (χ1n) is 10.5. The minimum atomic E-state index is -0.707. The molecule has 1 heterocycles. The van der Waals surface area contributed by atoms with Gasteiger partial charge in [-0.1, -0.05) is 48.0 Å². The molecular formula is C26H20ClN3O5. The third-order valence-corrected chi connectivity index (χ3v) is 5.61. The van der Waals surface area contributed by atoms with Gasteiger partial charge in [-0.2, -0.15) is 0 Å². The lowest BCUT2D eigenvalue weighted by Crippen LogP contribution is -2.32. The van der Waals surface area contributed by atoms with Crippen LogP contribution in [0.2, 0.25) is 0 Å². The fourth-order valence-corrected chi connectivity index (χ4v) is 3.69. The van der Waals surface area contributed by atoms with Crippen LogP contribution < -0.4 is 15.5 Å². The van der Waals surface area contributed by atoms with E-state index in [1.165, 1.54) is 31.4 Å². The van der Waals surface area contributed by atoms with Gasteiger partial charge in [0.15, 0.2) is 0 Å². The van der Waals surface area contributed by atoms with E-state index in [1.54, 1.807) is 24.3 Å². The van der Waals surface area contributed by atoms with E-state index in [0.29, 0.717) is 17.8 Å². The van der Waals surface area contributed by atoms with Gasteiger partial charge in [-0.05, 0) is 48.0 Å². The molecule has 0 aliphatic carbocycles. The number of benzene rings is 3. The fraction of sp³-hybridized carbons (Fsp3) is 0.0769. The molecule has 0 saturated carbocycles. The Kier molecular flexibility index (Phi) is 6.93. The number of nitrogens with one attached hydrogen (secondary N) is 2. The third kappa shape index (κ3) is 5.07. The van der Waals surface area contributed by atoms with Gasteiger partial charge in [0, 0.05) is 17.8 Å². The first-order chi connectivity index (χ1) is 16.9. The molecule has 9 heteroatoms. The second-order valence-corrected chi connectivity index (χ2v) is 7.93. The van der Waals surface area contributed by atoms with E-state index in [0.717, 1.165) is 10.5 Å². The summed E-state index contributed by atoms with van der Waals surface area (Å²) in [4.78, 5) is 50.8. The van der Waals surface area contributed by atoms with Gasteiger partial charge in [0.25, 0.3) is 17.7 Å². The zero-order valence-electron chi connectivity index (χ0n) is 18.6. The zero-order chi connectivity index (χ0) is 24.9. The molecule has 8 nitrogen and oxygen atoms in total. The summed E-state index contributed by atoms with van der Waals surface area (Å²) in [5.41, 5.74) is 2.15. The van der Waals surface area contributed by atoms with Gasteiger partial charge in [0.1, 0.15) is 10.7 Å². The van der Waals surface area contributed by atoms with Crippen molar-refractivity contribution in [1.29, 1.82) is 0 Å². The molecule has 176 valence electrons. The van der Waals surface area contributed by atoms with Crippen molar-refractivity contribution in [2.75, 3.05) is 17.3 Å². The first kappa shape index (κ1) is 23.7. The Morgan fingerprint density at radius 2 is 1.60 bits per heavy atom. The maximum Gasteiger partial charge on any atom is 0.337 e. The van der Waals surface area contributed by atoms with Crippen molar-refractivity contribution >= 4 is 46.7 Å². The van der Waals surface area contributed by atoms with Crippen molar-refractivity contribution in [1.82, 2.24) is 5.32 Å². The second kappa shape index (κ2) is 10.2. The number of methoxy groups -OCH3 is 1. The molecule has 35 heavy (non-hydrogen) atoms. The number of anilines is 2. The van der Waals surface area contributed by atoms with Crippen LogP contribution in [0.15, 0.2) is 89.6 Å². The maximum absolute atomic E-state index is 13.0. The van der Waals surface area contributed by atoms with Crippen molar-refractivity contribution < 1.29 is 23.9 Å². The van der Waals surface area contributed by atoms with Crippen molar-refractivity contribution in [3.8, 4) is 0 Å². The lowest BCUT2D eigenvalue weighted by molar-refractivity contribution is -0.120. The Morgan fingerprint density at radius 3 is 2.29 bits per heavy atom. The topological polar surface area (TPSA) is 105 Å². The maximum atomic E-state index is 13.0. The van der Waals surface area contributed by atoms with Crippen LogP contribution in [0.5, 0.6) is 0 Å². The number of hydrogen-bond donors (Lipinski definition) is 2. The van der Waals surface area contributed by atoms with Gasteiger partial charge in [-0.25, -0.2) is 9.69 Å². The quantitative estimate of drug-likeness (QED) is 0.386. The van der Waals surface area contributed by atoms with Crippen LogP contribution in [-0.2, 0) is 20.9 Å². The van der Waals surface area contributed by atoms with Crippen molar-refractivity contribution in [2.45, 2.75) is 6.54 Å². The summed E-state index contributed by atoms with van der Waals surface area (Å²) in [7, 11) is 1.26. The summed E-state index contributed by atoms with van der Waals surface area (Å²) >= 11 is 6.19. The predicted molar refractivity (Wildman–Crippen MR) is 131 cm³/mol. The Morgan fingerprint density at radius 1 is 0.886 bits per heavy atom. The summed E-state index contributed by atoms with van der Waals surface area (Å²) in [6.45, 7) is 0.366. The zero-order valence-corrected chi connectivity index (χ0v) is 19.3. The van der Waals surface area contributed by atoms with Crippen LogP contribution in [0.25, 0.3) is 0 Å². The molecule has 0 unspecified atom stereocenters. The number of carbonyl (C=O) groups is 4. The van der Waals surface area contributed by atoms with E-state index in [-0.39, 0.29) is 27.9 Å². The number of nitrogens with zero attached hydrogens (tertiary/aromatic N) is 1. The molecule has 0 spiro atoms. The predicted octanol–water partition coefficient (Wildman–Crippen LogP) is 3.84. The van der Waals surface area contributed by atoms with Crippen LogP contribution in [0.4, 0.5) is 11.4 Å². The SMILES string of the molecule is COC(=O)c1ccc(N2C(=O)C(Cl)=C(Nc3cccc(C(=O)NCc4ccccc4)c3)C2=O)cc1. The van der Waals surface area contributed by atoms with E-state index >= 15 is 0 Å². The number of rotatable bonds is 7. The summed E-state index contributed by atoms with van der Waals surface area (Å²) in [6.07, 6.45) is 0. The molecule has 0 radical (unpaired) electrons.